The molecule has 0 bridgehead atoms. The van der Waals surface area contributed by atoms with Gasteiger partial charge in [0, 0.05) is 22.6 Å². The number of nitrogens with zero attached hydrogens (tertiary/aromatic N) is 2. The first-order valence-electron chi connectivity index (χ1n) is 19.7. The summed E-state index contributed by atoms with van der Waals surface area (Å²) in [5, 5.41) is 0.680. The number of hydrogen-bond acceptors (Lipinski definition) is 2. The highest BCUT2D eigenvalue weighted by molar-refractivity contribution is 6.36. The van der Waals surface area contributed by atoms with E-state index in [0.717, 1.165) is 50.8 Å². The van der Waals surface area contributed by atoms with Crippen molar-refractivity contribution in [2.75, 3.05) is 9.80 Å². The van der Waals surface area contributed by atoms with Gasteiger partial charge in [-0.15, -0.1) is 0 Å². The van der Waals surface area contributed by atoms with Crippen LogP contribution in [0.2, 0.25) is 5.02 Å². The van der Waals surface area contributed by atoms with Crippen molar-refractivity contribution in [3.8, 4) is 11.1 Å². The van der Waals surface area contributed by atoms with Gasteiger partial charge >= 0.3 is 0 Å². The topological polar surface area (TPSA) is 6.48 Å². The van der Waals surface area contributed by atoms with Crippen LogP contribution in [0.4, 0.5) is 34.1 Å². The lowest BCUT2D eigenvalue weighted by Gasteiger charge is -2.33. The van der Waals surface area contributed by atoms with E-state index in [2.05, 4.69) is 226 Å². The number of halogens is 1. The summed E-state index contributed by atoms with van der Waals surface area (Å²) in [4.78, 5) is 4.70. The molecule has 6 aromatic rings. The van der Waals surface area contributed by atoms with Crippen molar-refractivity contribution in [1.82, 2.24) is 0 Å². The van der Waals surface area contributed by atoms with E-state index in [4.69, 9.17) is 11.6 Å². The van der Waals surface area contributed by atoms with Crippen LogP contribution >= 0.6 is 11.6 Å². The average molecular weight is 748 g/mol. The summed E-state index contributed by atoms with van der Waals surface area (Å²) in [5.41, 5.74) is 14.8. The molecule has 0 aliphatic rings. The molecule has 3 heteroatoms. The number of benzene rings is 6. The van der Waals surface area contributed by atoms with Gasteiger partial charge in [0.15, 0.2) is 0 Å². The zero-order valence-electron chi connectivity index (χ0n) is 35.1. The van der Waals surface area contributed by atoms with Gasteiger partial charge in [0.05, 0.1) is 22.1 Å². The Kier molecular flexibility index (Phi) is 11.2. The molecule has 0 radical (unpaired) electrons. The second kappa shape index (κ2) is 15.4. The van der Waals surface area contributed by atoms with E-state index in [0.29, 0.717) is 10.9 Å². The molecule has 55 heavy (non-hydrogen) atoms. The maximum Gasteiger partial charge on any atom is 0.0887 e. The van der Waals surface area contributed by atoms with Gasteiger partial charge in [-0.3, -0.25) is 0 Å². The third kappa shape index (κ3) is 8.71. The third-order valence-corrected chi connectivity index (χ3v) is 11.0. The molecule has 0 unspecified atom stereocenters. The molecular formula is C52H59ClN2. The smallest absolute Gasteiger partial charge is 0.0887 e. The number of hydrogen-bond donors (Lipinski definition) is 0. The van der Waals surface area contributed by atoms with Crippen LogP contribution in [0.1, 0.15) is 110 Å². The summed E-state index contributed by atoms with van der Waals surface area (Å²) in [5.74, 6) is 0.347. The lowest BCUT2D eigenvalue weighted by Crippen LogP contribution is -2.17. The van der Waals surface area contributed by atoms with Crippen LogP contribution in [0, 0.1) is 6.92 Å². The quantitative estimate of drug-likeness (QED) is 0.153. The van der Waals surface area contributed by atoms with Gasteiger partial charge in [-0.05, 0) is 117 Å². The third-order valence-electron chi connectivity index (χ3n) is 10.6. The van der Waals surface area contributed by atoms with Crippen LogP contribution in [0.25, 0.3) is 11.1 Å². The predicted molar refractivity (Wildman–Crippen MR) is 241 cm³/mol. The molecule has 284 valence electrons. The molecule has 0 atom stereocenters. The highest BCUT2D eigenvalue weighted by Gasteiger charge is 2.27. The Bertz CT molecular complexity index is 2170. The Labute approximate surface area is 336 Å². The molecule has 0 aliphatic carbocycles. The molecular weight excluding hydrogens is 688 g/mol. The van der Waals surface area contributed by atoms with Crippen molar-refractivity contribution < 1.29 is 0 Å². The second-order valence-corrected chi connectivity index (χ2v) is 18.9. The molecule has 0 aromatic heterocycles. The van der Waals surface area contributed by atoms with E-state index in [9.17, 15) is 0 Å². The van der Waals surface area contributed by atoms with Crippen LogP contribution in [-0.4, -0.2) is 0 Å². The van der Waals surface area contributed by atoms with Crippen molar-refractivity contribution in [3.63, 3.8) is 0 Å². The molecule has 0 amide bonds. The number of rotatable bonds is 8. The minimum Gasteiger partial charge on any atom is -0.309 e. The standard InChI is InChI=1S/C52H59ClN2/c1-35(2)38-18-31-45(37-16-14-13-15-17-37)46(34-38)55(44-29-23-41(24-30-44)52(10,11)12)48-33-36(3)32-47(49(48)53)54(42-25-19-39(20-26-42)50(4,5)6)43-27-21-40(22-28-43)51(7,8)9/h13-35H,1-12H3. The van der Waals surface area contributed by atoms with Crippen molar-refractivity contribution in [3.05, 3.63) is 166 Å². The molecule has 0 spiro atoms. The van der Waals surface area contributed by atoms with Crippen molar-refractivity contribution in [2.24, 2.45) is 0 Å². The first-order chi connectivity index (χ1) is 25.8. The summed E-state index contributed by atoms with van der Waals surface area (Å²) in [6.07, 6.45) is 0. The van der Waals surface area contributed by atoms with Gasteiger partial charge in [-0.25, -0.2) is 0 Å². The lowest BCUT2D eigenvalue weighted by atomic mass is 9.86. The van der Waals surface area contributed by atoms with Crippen molar-refractivity contribution in [1.29, 1.82) is 0 Å². The average Bonchev–Trinajstić information content (AvgIpc) is 3.13. The van der Waals surface area contributed by atoms with E-state index in [-0.39, 0.29) is 16.2 Å². The minimum absolute atomic E-state index is 0.0237. The van der Waals surface area contributed by atoms with Crippen LogP contribution in [0.15, 0.2) is 133 Å². The van der Waals surface area contributed by atoms with E-state index >= 15 is 0 Å². The summed E-state index contributed by atoms with van der Waals surface area (Å²) in [6, 6.07) is 49.1. The van der Waals surface area contributed by atoms with Gasteiger partial charge in [0.1, 0.15) is 0 Å². The Morgan fingerprint density at radius 1 is 0.455 bits per heavy atom. The fraction of sp³-hybridized carbons (Fsp3) is 0.308. The highest BCUT2D eigenvalue weighted by Crippen LogP contribution is 2.50. The zero-order valence-corrected chi connectivity index (χ0v) is 35.8. The van der Waals surface area contributed by atoms with Crippen molar-refractivity contribution in [2.45, 2.75) is 105 Å². The van der Waals surface area contributed by atoms with Crippen LogP contribution in [-0.2, 0) is 16.2 Å². The second-order valence-electron chi connectivity index (χ2n) is 18.5. The van der Waals surface area contributed by atoms with Crippen LogP contribution < -0.4 is 9.80 Å². The van der Waals surface area contributed by atoms with Gasteiger partial charge < -0.3 is 9.80 Å². The van der Waals surface area contributed by atoms with Crippen LogP contribution in [0.5, 0.6) is 0 Å². The predicted octanol–water partition coefficient (Wildman–Crippen LogP) is 16.3. The van der Waals surface area contributed by atoms with E-state index in [1.165, 1.54) is 22.3 Å². The fourth-order valence-corrected chi connectivity index (χ4v) is 7.46. The van der Waals surface area contributed by atoms with Gasteiger partial charge in [-0.2, -0.15) is 0 Å². The molecule has 6 rings (SSSR count). The first-order valence-corrected chi connectivity index (χ1v) is 20.1. The normalized spacial score (nSPS) is 12.3. The van der Waals surface area contributed by atoms with Crippen LogP contribution in [0.3, 0.4) is 0 Å². The minimum atomic E-state index is 0.0237. The van der Waals surface area contributed by atoms with Gasteiger partial charge in [0.2, 0.25) is 0 Å². The molecule has 0 saturated carbocycles. The summed E-state index contributed by atoms with van der Waals surface area (Å²) >= 11 is 7.90. The first kappa shape index (κ1) is 39.9. The van der Waals surface area contributed by atoms with E-state index in [1.807, 2.05) is 0 Å². The van der Waals surface area contributed by atoms with Gasteiger partial charge in [0.25, 0.3) is 0 Å². The summed E-state index contributed by atoms with van der Waals surface area (Å²) in [6.45, 7) is 27.0. The molecule has 2 nitrogen and oxygen atoms in total. The van der Waals surface area contributed by atoms with Crippen molar-refractivity contribution >= 4 is 45.7 Å². The highest BCUT2D eigenvalue weighted by atomic mass is 35.5. The SMILES string of the molecule is Cc1cc(N(c2ccc(C(C)(C)C)cc2)c2ccc(C(C)(C)C)cc2)c(Cl)c(N(c2ccc(C(C)(C)C)cc2)c2cc(C(C)C)ccc2-c2ccccc2)c1. The number of aryl methyl sites for hydroxylation is 1. The maximum absolute atomic E-state index is 7.90. The Hall–Kier alpha value is -4.79. The molecule has 0 aliphatic heterocycles. The largest absolute Gasteiger partial charge is 0.309 e. The number of anilines is 6. The summed E-state index contributed by atoms with van der Waals surface area (Å²) in [7, 11) is 0. The molecule has 0 fully saturated rings. The van der Waals surface area contributed by atoms with Gasteiger partial charge in [-0.1, -0.05) is 167 Å². The molecule has 0 N–H and O–H groups in total. The summed E-state index contributed by atoms with van der Waals surface area (Å²) < 4.78 is 0. The lowest BCUT2D eigenvalue weighted by molar-refractivity contribution is 0.590. The fourth-order valence-electron chi connectivity index (χ4n) is 7.18. The van der Waals surface area contributed by atoms with E-state index in [1.54, 1.807) is 0 Å². The molecule has 6 aromatic carbocycles. The molecule has 0 heterocycles. The molecule has 0 saturated heterocycles. The van der Waals surface area contributed by atoms with E-state index < -0.39 is 0 Å². The Balaban J connectivity index is 1.65. The zero-order chi connectivity index (χ0) is 39.9. The monoisotopic (exact) mass is 746 g/mol. The Morgan fingerprint density at radius 3 is 1.25 bits per heavy atom. The maximum atomic E-state index is 7.90. The Morgan fingerprint density at radius 2 is 0.855 bits per heavy atom.